The highest BCUT2D eigenvalue weighted by Gasteiger charge is 2.38. The van der Waals surface area contributed by atoms with E-state index in [2.05, 4.69) is 5.32 Å². The number of benzene rings is 1. The van der Waals surface area contributed by atoms with Gasteiger partial charge in [-0.05, 0) is 32.9 Å². The minimum atomic E-state index is -0.725. The van der Waals surface area contributed by atoms with Crippen LogP contribution >= 0.6 is 0 Å². The van der Waals surface area contributed by atoms with Crippen LogP contribution in [0.2, 0.25) is 0 Å². The molecule has 1 aliphatic rings. The third-order valence-corrected chi connectivity index (χ3v) is 4.52. The normalized spacial score (nSPS) is 15.9. The van der Waals surface area contributed by atoms with Gasteiger partial charge in [-0.25, -0.2) is 0 Å². The molecule has 0 fully saturated rings. The first-order chi connectivity index (χ1) is 11.1. The first kappa shape index (κ1) is 17.9. The van der Waals surface area contributed by atoms with Gasteiger partial charge >= 0.3 is 0 Å². The fourth-order valence-electron chi connectivity index (χ4n) is 3.12. The molecule has 0 saturated carbocycles. The SMILES string of the molecule is CC1=C(C)C(=O)C(C(C)(C)CC(=O)Nc2ccccc2)=C(C)C1=O. The number of hydrogen-bond donors (Lipinski definition) is 1. The van der Waals surface area contributed by atoms with Crippen molar-refractivity contribution in [3.05, 3.63) is 52.6 Å². The molecule has 1 aromatic carbocycles. The molecule has 0 atom stereocenters. The molecule has 0 aliphatic heterocycles. The number of hydrogen-bond acceptors (Lipinski definition) is 3. The molecule has 0 radical (unpaired) electrons. The maximum absolute atomic E-state index is 12.7. The van der Waals surface area contributed by atoms with Crippen LogP contribution in [0.4, 0.5) is 5.69 Å². The van der Waals surface area contributed by atoms with Crippen molar-refractivity contribution in [3.8, 4) is 0 Å². The highest BCUT2D eigenvalue weighted by molar-refractivity contribution is 6.25. The number of carbonyl (C=O) groups excluding carboxylic acids is 3. The molecule has 0 bridgehead atoms. The van der Waals surface area contributed by atoms with E-state index in [1.165, 1.54) is 0 Å². The Morgan fingerprint density at radius 1 is 0.917 bits per heavy atom. The van der Waals surface area contributed by atoms with E-state index in [-0.39, 0.29) is 23.9 Å². The summed E-state index contributed by atoms with van der Waals surface area (Å²) in [5, 5.41) is 2.83. The van der Waals surface area contributed by atoms with Crippen LogP contribution in [0, 0.1) is 5.41 Å². The summed E-state index contributed by atoms with van der Waals surface area (Å²) in [6.45, 7) is 8.67. The lowest BCUT2D eigenvalue weighted by atomic mass is 9.71. The highest BCUT2D eigenvalue weighted by Crippen LogP contribution is 2.38. The number of para-hydroxylation sites is 1. The van der Waals surface area contributed by atoms with Crippen LogP contribution in [-0.2, 0) is 14.4 Å². The molecule has 0 spiro atoms. The van der Waals surface area contributed by atoms with Gasteiger partial charge in [0.1, 0.15) is 0 Å². The predicted octanol–water partition coefficient (Wildman–Crippen LogP) is 3.85. The zero-order valence-corrected chi connectivity index (χ0v) is 14.8. The third kappa shape index (κ3) is 3.37. The van der Waals surface area contributed by atoms with Gasteiger partial charge < -0.3 is 5.32 Å². The summed E-state index contributed by atoms with van der Waals surface area (Å²) in [5.74, 6) is -0.434. The maximum atomic E-state index is 12.7. The van der Waals surface area contributed by atoms with E-state index < -0.39 is 5.41 Å². The second-order valence-corrected chi connectivity index (χ2v) is 6.88. The van der Waals surface area contributed by atoms with Gasteiger partial charge in [0.05, 0.1) is 0 Å². The van der Waals surface area contributed by atoms with E-state index in [4.69, 9.17) is 0 Å². The van der Waals surface area contributed by atoms with Crippen LogP contribution in [-0.4, -0.2) is 17.5 Å². The molecule has 4 heteroatoms. The second-order valence-electron chi connectivity index (χ2n) is 6.88. The first-order valence-electron chi connectivity index (χ1n) is 7.98. The predicted molar refractivity (Wildman–Crippen MR) is 94.6 cm³/mol. The van der Waals surface area contributed by atoms with Gasteiger partial charge in [-0.15, -0.1) is 0 Å². The Balaban J connectivity index is 2.25. The summed E-state index contributed by atoms with van der Waals surface area (Å²) in [6, 6.07) is 9.17. The Kier molecular flexibility index (Phi) is 4.88. The number of amides is 1. The lowest BCUT2D eigenvalue weighted by molar-refractivity contribution is -0.119. The summed E-state index contributed by atoms with van der Waals surface area (Å²) < 4.78 is 0. The molecule has 1 aromatic rings. The number of anilines is 1. The average molecular weight is 325 g/mol. The van der Waals surface area contributed by atoms with Crippen molar-refractivity contribution in [2.75, 3.05) is 5.32 Å². The molecule has 0 aromatic heterocycles. The van der Waals surface area contributed by atoms with Gasteiger partial charge in [0.25, 0.3) is 0 Å². The smallest absolute Gasteiger partial charge is 0.225 e. The van der Waals surface area contributed by atoms with Crippen molar-refractivity contribution in [2.45, 2.75) is 41.0 Å². The lowest BCUT2D eigenvalue weighted by Crippen LogP contribution is -2.33. The first-order valence-corrected chi connectivity index (χ1v) is 7.98. The van der Waals surface area contributed by atoms with Gasteiger partial charge in [0.15, 0.2) is 11.6 Å². The Labute approximate surface area is 142 Å². The molecule has 1 N–H and O–H groups in total. The number of ketones is 2. The molecule has 126 valence electrons. The molecular weight excluding hydrogens is 302 g/mol. The van der Waals surface area contributed by atoms with E-state index in [1.54, 1.807) is 32.9 Å². The number of allylic oxidation sites excluding steroid dienone is 4. The molecule has 4 nitrogen and oxygen atoms in total. The zero-order chi connectivity index (χ0) is 18.1. The van der Waals surface area contributed by atoms with Crippen molar-refractivity contribution in [1.29, 1.82) is 0 Å². The van der Waals surface area contributed by atoms with Gasteiger partial charge in [-0.2, -0.15) is 0 Å². The van der Waals surface area contributed by atoms with E-state index in [9.17, 15) is 14.4 Å². The molecule has 1 aliphatic carbocycles. The molecule has 0 heterocycles. The van der Waals surface area contributed by atoms with E-state index >= 15 is 0 Å². The van der Waals surface area contributed by atoms with Gasteiger partial charge in [0.2, 0.25) is 5.91 Å². The van der Waals surface area contributed by atoms with Gasteiger partial charge in [0, 0.05) is 39.8 Å². The summed E-state index contributed by atoms with van der Waals surface area (Å²) in [5.41, 5.74) is 1.84. The van der Waals surface area contributed by atoms with Crippen LogP contribution in [0.5, 0.6) is 0 Å². The lowest BCUT2D eigenvalue weighted by Gasteiger charge is -2.31. The zero-order valence-electron chi connectivity index (χ0n) is 14.8. The Morgan fingerprint density at radius 2 is 1.46 bits per heavy atom. The summed E-state index contributed by atoms with van der Waals surface area (Å²) in [7, 11) is 0. The topological polar surface area (TPSA) is 63.2 Å². The van der Waals surface area contributed by atoms with Crippen LogP contribution in [0.15, 0.2) is 52.6 Å². The summed E-state index contributed by atoms with van der Waals surface area (Å²) >= 11 is 0. The van der Waals surface area contributed by atoms with Crippen molar-refractivity contribution in [2.24, 2.45) is 5.41 Å². The monoisotopic (exact) mass is 325 g/mol. The molecule has 0 unspecified atom stereocenters. The Bertz CT molecular complexity index is 767. The van der Waals surface area contributed by atoms with Crippen molar-refractivity contribution in [1.82, 2.24) is 0 Å². The van der Waals surface area contributed by atoms with Crippen molar-refractivity contribution >= 4 is 23.2 Å². The fraction of sp³-hybridized carbons (Fsp3) is 0.350. The molecular formula is C20H23NO3. The van der Waals surface area contributed by atoms with E-state index in [0.29, 0.717) is 28.0 Å². The van der Waals surface area contributed by atoms with Crippen LogP contribution in [0.3, 0.4) is 0 Å². The van der Waals surface area contributed by atoms with Gasteiger partial charge in [-0.1, -0.05) is 32.0 Å². The molecule has 0 saturated heterocycles. The Hall–Kier alpha value is -2.49. The number of rotatable bonds is 4. The minimum absolute atomic E-state index is 0.112. The number of carbonyl (C=O) groups is 3. The van der Waals surface area contributed by atoms with Crippen LogP contribution < -0.4 is 5.32 Å². The highest BCUT2D eigenvalue weighted by atomic mass is 16.2. The quantitative estimate of drug-likeness (QED) is 0.855. The maximum Gasteiger partial charge on any atom is 0.225 e. The molecule has 2 rings (SSSR count). The van der Waals surface area contributed by atoms with Gasteiger partial charge in [-0.3, -0.25) is 14.4 Å². The van der Waals surface area contributed by atoms with Crippen LogP contribution in [0.1, 0.15) is 41.0 Å². The minimum Gasteiger partial charge on any atom is -0.326 e. The Morgan fingerprint density at radius 3 is 2.04 bits per heavy atom. The number of Topliss-reactive ketones (excluding diaryl/α,β-unsaturated/α-hetero) is 2. The summed E-state index contributed by atoms with van der Waals surface area (Å²) in [6.07, 6.45) is 0.125. The standard InChI is InChI=1S/C20H23NO3/c1-12-13(2)19(24)17(14(3)18(12)23)20(4,5)11-16(22)21-15-9-7-6-8-10-15/h6-10H,11H2,1-5H3,(H,21,22). The van der Waals surface area contributed by atoms with E-state index in [1.807, 2.05) is 32.0 Å². The average Bonchev–Trinajstić information content (AvgIpc) is 2.51. The largest absolute Gasteiger partial charge is 0.326 e. The third-order valence-electron chi connectivity index (χ3n) is 4.52. The molecule has 1 amide bonds. The second kappa shape index (κ2) is 6.56. The molecule has 24 heavy (non-hydrogen) atoms. The van der Waals surface area contributed by atoms with Crippen molar-refractivity contribution in [3.63, 3.8) is 0 Å². The fourth-order valence-corrected chi connectivity index (χ4v) is 3.12. The van der Waals surface area contributed by atoms with Crippen LogP contribution in [0.25, 0.3) is 0 Å². The van der Waals surface area contributed by atoms with Crippen molar-refractivity contribution < 1.29 is 14.4 Å². The van der Waals surface area contributed by atoms with E-state index in [0.717, 1.165) is 0 Å². The number of nitrogens with one attached hydrogen (secondary N) is 1. The summed E-state index contributed by atoms with van der Waals surface area (Å²) in [4.78, 5) is 37.4.